The first-order valence-corrected chi connectivity index (χ1v) is 9.01. The number of methoxy groups -OCH3 is 1. The fourth-order valence-electron chi connectivity index (χ4n) is 4.48. The molecule has 2 saturated heterocycles. The van der Waals surface area contributed by atoms with Crippen LogP contribution >= 0.6 is 0 Å². The molecule has 2 fully saturated rings. The van der Waals surface area contributed by atoms with Crippen LogP contribution in [0.25, 0.3) is 0 Å². The molecule has 1 amide bonds. The Labute approximate surface area is 139 Å². The molecule has 0 saturated carbocycles. The number of amides is 1. The summed E-state index contributed by atoms with van der Waals surface area (Å²) >= 11 is 0. The Hall–Kier alpha value is -1.55. The first kappa shape index (κ1) is 16.3. The SMILES string of the molecule is CCC[NH+]1[C@@H]2CCC[C@H]1CC(NC(=O)c1cccc(OC)c1)C2. The Kier molecular flexibility index (Phi) is 5.21. The summed E-state index contributed by atoms with van der Waals surface area (Å²) in [6.45, 7) is 3.56. The van der Waals surface area contributed by atoms with Crippen LogP contribution in [0.15, 0.2) is 24.3 Å². The Balaban J connectivity index is 1.63. The second kappa shape index (κ2) is 7.35. The summed E-state index contributed by atoms with van der Waals surface area (Å²) < 4.78 is 5.21. The number of fused-ring (bicyclic) bond motifs is 2. The van der Waals surface area contributed by atoms with Crippen molar-refractivity contribution in [2.24, 2.45) is 0 Å². The van der Waals surface area contributed by atoms with E-state index in [1.165, 1.54) is 32.2 Å². The van der Waals surface area contributed by atoms with Crippen LogP contribution in [0.3, 0.4) is 0 Å². The normalized spacial score (nSPS) is 29.8. The zero-order valence-electron chi connectivity index (χ0n) is 14.3. The van der Waals surface area contributed by atoms with Gasteiger partial charge in [-0.2, -0.15) is 0 Å². The Morgan fingerprint density at radius 2 is 2.04 bits per heavy atom. The quantitative estimate of drug-likeness (QED) is 0.870. The molecule has 0 aliphatic carbocycles. The molecule has 23 heavy (non-hydrogen) atoms. The number of ether oxygens (including phenoxy) is 1. The lowest BCUT2D eigenvalue weighted by atomic mass is 9.81. The molecular weight excluding hydrogens is 288 g/mol. The highest BCUT2D eigenvalue weighted by Gasteiger charge is 2.41. The maximum absolute atomic E-state index is 12.5. The van der Waals surface area contributed by atoms with Crippen LogP contribution in [0.2, 0.25) is 0 Å². The Bertz CT molecular complexity index is 532. The van der Waals surface area contributed by atoms with Crippen molar-refractivity contribution < 1.29 is 14.4 Å². The van der Waals surface area contributed by atoms with Gasteiger partial charge >= 0.3 is 0 Å². The first-order chi connectivity index (χ1) is 11.2. The molecule has 2 heterocycles. The number of benzene rings is 1. The fourth-order valence-corrected chi connectivity index (χ4v) is 4.48. The number of piperidine rings is 2. The maximum Gasteiger partial charge on any atom is 0.251 e. The van der Waals surface area contributed by atoms with Crippen molar-refractivity contribution in [3.63, 3.8) is 0 Å². The van der Waals surface area contributed by atoms with Crippen molar-refractivity contribution >= 4 is 5.91 Å². The maximum atomic E-state index is 12.5. The molecule has 0 radical (unpaired) electrons. The molecule has 4 heteroatoms. The van der Waals surface area contributed by atoms with Crippen molar-refractivity contribution in [3.8, 4) is 5.75 Å². The monoisotopic (exact) mass is 317 g/mol. The van der Waals surface area contributed by atoms with Gasteiger partial charge in [-0.05, 0) is 43.9 Å². The Morgan fingerprint density at radius 1 is 1.30 bits per heavy atom. The number of quaternary nitrogens is 1. The van der Waals surface area contributed by atoms with E-state index in [0.717, 1.165) is 30.7 Å². The van der Waals surface area contributed by atoms with Gasteiger partial charge in [0.2, 0.25) is 0 Å². The van der Waals surface area contributed by atoms with Crippen LogP contribution in [0.1, 0.15) is 55.8 Å². The molecule has 126 valence electrons. The van der Waals surface area contributed by atoms with E-state index in [2.05, 4.69) is 12.2 Å². The predicted molar refractivity (Wildman–Crippen MR) is 91.0 cm³/mol. The summed E-state index contributed by atoms with van der Waals surface area (Å²) in [6, 6.07) is 9.20. The van der Waals surface area contributed by atoms with Crippen molar-refractivity contribution in [1.82, 2.24) is 5.32 Å². The molecule has 2 N–H and O–H groups in total. The number of hydrogen-bond donors (Lipinski definition) is 2. The van der Waals surface area contributed by atoms with Crippen molar-refractivity contribution in [1.29, 1.82) is 0 Å². The molecule has 2 bridgehead atoms. The topological polar surface area (TPSA) is 42.8 Å². The Morgan fingerprint density at radius 3 is 2.70 bits per heavy atom. The van der Waals surface area contributed by atoms with E-state index in [0.29, 0.717) is 11.6 Å². The molecule has 0 aromatic heterocycles. The zero-order valence-corrected chi connectivity index (χ0v) is 14.3. The van der Waals surface area contributed by atoms with Crippen molar-refractivity contribution in [3.05, 3.63) is 29.8 Å². The summed E-state index contributed by atoms with van der Waals surface area (Å²) in [7, 11) is 1.63. The summed E-state index contributed by atoms with van der Waals surface area (Å²) in [5.41, 5.74) is 0.692. The van der Waals surface area contributed by atoms with Gasteiger partial charge in [0.05, 0.1) is 25.7 Å². The average Bonchev–Trinajstić information content (AvgIpc) is 2.55. The lowest BCUT2D eigenvalue weighted by Crippen LogP contribution is -3.21. The molecule has 1 aromatic carbocycles. The lowest BCUT2D eigenvalue weighted by Gasteiger charge is -2.46. The highest BCUT2D eigenvalue weighted by atomic mass is 16.5. The summed E-state index contributed by atoms with van der Waals surface area (Å²) in [4.78, 5) is 14.3. The minimum atomic E-state index is 0.0333. The number of hydrogen-bond acceptors (Lipinski definition) is 2. The van der Waals surface area contributed by atoms with Crippen LogP contribution < -0.4 is 15.0 Å². The van der Waals surface area contributed by atoms with Gasteiger partial charge in [-0.25, -0.2) is 0 Å². The minimum absolute atomic E-state index is 0.0333. The minimum Gasteiger partial charge on any atom is -0.497 e. The highest BCUT2D eigenvalue weighted by Crippen LogP contribution is 2.23. The predicted octanol–water partition coefficient (Wildman–Crippen LogP) is 1.80. The molecule has 2 aliphatic rings. The molecule has 0 spiro atoms. The summed E-state index contributed by atoms with van der Waals surface area (Å²) in [6.07, 6.45) is 7.50. The molecule has 3 rings (SSSR count). The van der Waals surface area contributed by atoms with Gasteiger partial charge in [-0.15, -0.1) is 0 Å². The second-order valence-electron chi connectivity index (χ2n) is 7.02. The second-order valence-corrected chi connectivity index (χ2v) is 7.02. The number of carbonyl (C=O) groups excluding carboxylic acids is 1. The first-order valence-electron chi connectivity index (χ1n) is 9.01. The molecule has 1 aromatic rings. The van der Waals surface area contributed by atoms with Gasteiger partial charge in [0.15, 0.2) is 0 Å². The molecular formula is C19H29N2O2+. The van der Waals surface area contributed by atoms with E-state index >= 15 is 0 Å². The zero-order chi connectivity index (χ0) is 16.2. The molecule has 2 aliphatic heterocycles. The third kappa shape index (κ3) is 3.69. The van der Waals surface area contributed by atoms with Crippen molar-refractivity contribution in [2.75, 3.05) is 13.7 Å². The van der Waals surface area contributed by atoms with Gasteiger partial charge in [-0.1, -0.05) is 13.0 Å². The van der Waals surface area contributed by atoms with Crippen LogP contribution in [0.5, 0.6) is 5.75 Å². The van der Waals surface area contributed by atoms with Gasteiger partial charge in [0.1, 0.15) is 5.75 Å². The van der Waals surface area contributed by atoms with Gasteiger partial charge in [-0.3, -0.25) is 4.79 Å². The molecule has 4 nitrogen and oxygen atoms in total. The molecule has 2 unspecified atom stereocenters. The van der Waals surface area contributed by atoms with Crippen LogP contribution in [0, 0.1) is 0 Å². The largest absolute Gasteiger partial charge is 0.497 e. The summed E-state index contributed by atoms with van der Waals surface area (Å²) in [5.74, 6) is 0.766. The third-order valence-corrected chi connectivity index (χ3v) is 5.50. The van der Waals surface area contributed by atoms with Crippen molar-refractivity contribution in [2.45, 2.75) is 63.6 Å². The average molecular weight is 317 g/mol. The molecule has 4 atom stereocenters. The van der Waals surface area contributed by atoms with Gasteiger partial charge in [0, 0.05) is 24.4 Å². The number of carbonyl (C=O) groups is 1. The lowest BCUT2D eigenvalue weighted by molar-refractivity contribution is -0.961. The van der Waals surface area contributed by atoms with E-state index in [9.17, 15) is 4.79 Å². The van der Waals surface area contributed by atoms with Crippen LogP contribution in [-0.2, 0) is 0 Å². The summed E-state index contributed by atoms with van der Waals surface area (Å²) in [5, 5.41) is 3.27. The highest BCUT2D eigenvalue weighted by molar-refractivity contribution is 5.94. The van der Waals surface area contributed by atoms with E-state index in [-0.39, 0.29) is 5.91 Å². The smallest absolute Gasteiger partial charge is 0.251 e. The van der Waals surface area contributed by atoms with E-state index < -0.39 is 0 Å². The van der Waals surface area contributed by atoms with E-state index in [4.69, 9.17) is 4.74 Å². The number of nitrogens with one attached hydrogen (secondary N) is 2. The van der Waals surface area contributed by atoms with E-state index in [1.807, 2.05) is 24.3 Å². The van der Waals surface area contributed by atoms with Gasteiger partial charge in [0.25, 0.3) is 5.91 Å². The van der Waals surface area contributed by atoms with Crippen LogP contribution in [-0.4, -0.2) is 37.7 Å². The fraction of sp³-hybridized carbons (Fsp3) is 0.632. The number of rotatable bonds is 5. The standard InChI is InChI=1S/C19H28N2O2/c1-3-10-21-16-7-5-8-17(21)13-15(12-16)20-19(22)14-6-4-9-18(11-14)23-2/h4,6,9,11,15-17H,3,5,7-8,10,12-13H2,1-2H3,(H,20,22)/p+1/t15?,16-,17+. The third-order valence-electron chi connectivity index (χ3n) is 5.50. The van der Waals surface area contributed by atoms with E-state index in [1.54, 1.807) is 12.0 Å². The van der Waals surface area contributed by atoms with Crippen LogP contribution in [0.4, 0.5) is 0 Å². The van der Waals surface area contributed by atoms with Gasteiger partial charge < -0.3 is 15.0 Å².